The first-order chi connectivity index (χ1) is 10.1. The van der Waals surface area contributed by atoms with Crippen molar-refractivity contribution in [2.45, 2.75) is 19.1 Å². The summed E-state index contributed by atoms with van der Waals surface area (Å²) in [6, 6.07) is 14.5. The van der Waals surface area contributed by atoms with Crippen LogP contribution in [-0.4, -0.2) is 23.9 Å². The third-order valence-corrected chi connectivity index (χ3v) is 3.24. The molecule has 2 atom stereocenters. The van der Waals surface area contributed by atoms with Crippen LogP contribution >= 0.6 is 0 Å². The van der Waals surface area contributed by atoms with Gasteiger partial charge in [0.25, 0.3) is 0 Å². The van der Waals surface area contributed by atoms with Crippen molar-refractivity contribution in [1.29, 1.82) is 0 Å². The minimum Gasteiger partial charge on any atom is -0.497 e. The summed E-state index contributed by atoms with van der Waals surface area (Å²) in [5.41, 5.74) is 1.43. The fourth-order valence-corrected chi connectivity index (χ4v) is 2.07. The molecule has 4 heteroatoms. The summed E-state index contributed by atoms with van der Waals surface area (Å²) < 4.78 is 10.8. The molecule has 0 aliphatic rings. The summed E-state index contributed by atoms with van der Waals surface area (Å²) in [5, 5.41) is 19.9. The molecule has 0 bridgehead atoms. The molecule has 0 heterocycles. The van der Waals surface area contributed by atoms with Crippen LogP contribution in [0.2, 0.25) is 0 Å². The van der Waals surface area contributed by atoms with Gasteiger partial charge in [-0.25, -0.2) is 0 Å². The Balaban J connectivity index is 2.05. The molecule has 0 aromatic heterocycles. The topological polar surface area (TPSA) is 58.9 Å². The van der Waals surface area contributed by atoms with Gasteiger partial charge in [-0.05, 0) is 30.7 Å². The van der Waals surface area contributed by atoms with E-state index in [1.54, 1.807) is 32.2 Å². The van der Waals surface area contributed by atoms with Gasteiger partial charge in [-0.2, -0.15) is 0 Å². The highest BCUT2D eigenvalue weighted by Gasteiger charge is 2.12. The van der Waals surface area contributed by atoms with Gasteiger partial charge in [0.1, 0.15) is 24.2 Å². The first kappa shape index (κ1) is 15.4. The van der Waals surface area contributed by atoms with Crippen LogP contribution in [0.1, 0.15) is 30.3 Å². The number of rotatable bonds is 6. The van der Waals surface area contributed by atoms with Crippen molar-refractivity contribution in [1.82, 2.24) is 0 Å². The number of benzene rings is 2. The molecular weight excluding hydrogens is 268 g/mol. The second-order valence-electron chi connectivity index (χ2n) is 4.82. The maximum atomic E-state index is 10.2. The van der Waals surface area contributed by atoms with E-state index in [2.05, 4.69) is 0 Å². The molecule has 112 valence electrons. The van der Waals surface area contributed by atoms with Crippen molar-refractivity contribution in [3.63, 3.8) is 0 Å². The zero-order valence-corrected chi connectivity index (χ0v) is 12.2. The van der Waals surface area contributed by atoms with Gasteiger partial charge in [-0.3, -0.25) is 0 Å². The molecule has 0 saturated heterocycles. The molecule has 1 unspecified atom stereocenters. The van der Waals surface area contributed by atoms with Crippen molar-refractivity contribution >= 4 is 0 Å². The Morgan fingerprint density at radius 2 is 1.81 bits per heavy atom. The summed E-state index contributed by atoms with van der Waals surface area (Å²) in [6.07, 6.45) is -1.38. The normalized spacial score (nSPS) is 13.5. The fraction of sp³-hybridized carbons (Fsp3) is 0.294. The van der Waals surface area contributed by atoms with Crippen LogP contribution in [0.15, 0.2) is 48.5 Å². The standard InChI is InChI=1S/C17H20O4/c1-12(18)15-8-3-4-9-17(15)21-11-16(19)13-6-5-7-14(10-13)20-2/h3-10,12,16,18-19H,11H2,1-2H3/t12-,16?/m0/s1. The summed E-state index contributed by atoms with van der Waals surface area (Å²) in [5.74, 6) is 1.27. The summed E-state index contributed by atoms with van der Waals surface area (Å²) in [7, 11) is 1.58. The maximum Gasteiger partial charge on any atom is 0.125 e. The van der Waals surface area contributed by atoms with E-state index in [0.29, 0.717) is 17.1 Å². The molecule has 2 aromatic carbocycles. The van der Waals surface area contributed by atoms with Crippen LogP contribution in [0.5, 0.6) is 11.5 Å². The Kier molecular flexibility index (Phi) is 5.20. The van der Waals surface area contributed by atoms with Gasteiger partial charge in [0.15, 0.2) is 0 Å². The van der Waals surface area contributed by atoms with E-state index < -0.39 is 12.2 Å². The van der Waals surface area contributed by atoms with Crippen LogP contribution < -0.4 is 9.47 Å². The molecule has 2 rings (SSSR count). The van der Waals surface area contributed by atoms with E-state index in [-0.39, 0.29) is 6.61 Å². The number of hydrogen-bond acceptors (Lipinski definition) is 4. The molecule has 0 saturated carbocycles. The summed E-state index contributed by atoms with van der Waals surface area (Å²) in [6.45, 7) is 1.79. The van der Waals surface area contributed by atoms with Crippen LogP contribution in [0.25, 0.3) is 0 Å². The van der Waals surface area contributed by atoms with Gasteiger partial charge >= 0.3 is 0 Å². The van der Waals surface area contributed by atoms with E-state index in [1.165, 1.54) is 0 Å². The molecule has 2 aromatic rings. The van der Waals surface area contributed by atoms with Gasteiger partial charge in [-0.15, -0.1) is 0 Å². The van der Waals surface area contributed by atoms with Gasteiger partial charge < -0.3 is 19.7 Å². The lowest BCUT2D eigenvalue weighted by molar-refractivity contribution is 0.104. The maximum absolute atomic E-state index is 10.2. The van der Waals surface area contributed by atoms with Crippen molar-refractivity contribution in [3.8, 4) is 11.5 Å². The Hall–Kier alpha value is -2.04. The Bertz CT molecular complexity index is 581. The number of aliphatic hydroxyl groups excluding tert-OH is 2. The largest absolute Gasteiger partial charge is 0.497 e. The van der Waals surface area contributed by atoms with Gasteiger partial charge in [0, 0.05) is 5.56 Å². The summed E-state index contributed by atoms with van der Waals surface area (Å²) in [4.78, 5) is 0. The Morgan fingerprint density at radius 1 is 1.05 bits per heavy atom. The highest BCUT2D eigenvalue weighted by molar-refractivity contribution is 5.35. The van der Waals surface area contributed by atoms with Crippen molar-refractivity contribution in [2.75, 3.05) is 13.7 Å². The first-order valence-electron chi connectivity index (χ1n) is 6.83. The molecule has 0 spiro atoms. The molecule has 4 nitrogen and oxygen atoms in total. The monoisotopic (exact) mass is 288 g/mol. The van der Waals surface area contributed by atoms with Crippen LogP contribution in [0.3, 0.4) is 0 Å². The van der Waals surface area contributed by atoms with E-state index in [1.807, 2.05) is 30.3 Å². The number of hydrogen-bond donors (Lipinski definition) is 2. The second kappa shape index (κ2) is 7.11. The van der Waals surface area contributed by atoms with E-state index in [9.17, 15) is 10.2 Å². The van der Waals surface area contributed by atoms with Crippen LogP contribution in [0, 0.1) is 0 Å². The lowest BCUT2D eigenvalue weighted by Gasteiger charge is -2.16. The molecule has 0 amide bonds. The minimum absolute atomic E-state index is 0.108. The second-order valence-corrected chi connectivity index (χ2v) is 4.82. The minimum atomic E-state index is -0.762. The fourth-order valence-electron chi connectivity index (χ4n) is 2.07. The lowest BCUT2D eigenvalue weighted by Crippen LogP contribution is -2.11. The smallest absolute Gasteiger partial charge is 0.125 e. The average molecular weight is 288 g/mol. The molecule has 0 aliphatic carbocycles. The predicted octanol–water partition coefficient (Wildman–Crippen LogP) is 2.86. The quantitative estimate of drug-likeness (QED) is 0.858. The molecular formula is C17H20O4. The van der Waals surface area contributed by atoms with Crippen molar-refractivity contribution < 1.29 is 19.7 Å². The number of methoxy groups -OCH3 is 1. The zero-order chi connectivity index (χ0) is 15.2. The highest BCUT2D eigenvalue weighted by atomic mass is 16.5. The number of ether oxygens (including phenoxy) is 2. The van der Waals surface area contributed by atoms with Gasteiger partial charge in [0.2, 0.25) is 0 Å². The van der Waals surface area contributed by atoms with Crippen molar-refractivity contribution in [3.05, 3.63) is 59.7 Å². The van der Waals surface area contributed by atoms with E-state index in [0.717, 1.165) is 5.56 Å². The average Bonchev–Trinajstić information content (AvgIpc) is 2.52. The molecule has 0 fully saturated rings. The van der Waals surface area contributed by atoms with E-state index in [4.69, 9.17) is 9.47 Å². The van der Waals surface area contributed by atoms with Crippen LogP contribution in [-0.2, 0) is 0 Å². The molecule has 0 aliphatic heterocycles. The molecule has 21 heavy (non-hydrogen) atoms. The molecule has 2 N–H and O–H groups in total. The van der Waals surface area contributed by atoms with Gasteiger partial charge in [-0.1, -0.05) is 30.3 Å². The Labute approximate surface area is 124 Å². The predicted molar refractivity (Wildman–Crippen MR) is 80.5 cm³/mol. The van der Waals surface area contributed by atoms with Crippen molar-refractivity contribution in [2.24, 2.45) is 0 Å². The number of para-hydroxylation sites is 1. The van der Waals surface area contributed by atoms with Crippen LogP contribution in [0.4, 0.5) is 0 Å². The lowest BCUT2D eigenvalue weighted by atomic mass is 10.1. The number of aliphatic hydroxyl groups is 2. The van der Waals surface area contributed by atoms with E-state index >= 15 is 0 Å². The Morgan fingerprint density at radius 3 is 2.52 bits per heavy atom. The first-order valence-corrected chi connectivity index (χ1v) is 6.83. The zero-order valence-electron chi connectivity index (χ0n) is 12.2. The SMILES string of the molecule is COc1cccc(C(O)COc2ccccc2[C@H](C)O)c1. The molecule has 0 radical (unpaired) electrons. The highest BCUT2D eigenvalue weighted by Crippen LogP contribution is 2.26. The van der Waals surface area contributed by atoms with Gasteiger partial charge in [0.05, 0.1) is 13.2 Å². The third kappa shape index (κ3) is 3.97. The summed E-state index contributed by atoms with van der Waals surface area (Å²) >= 11 is 0. The third-order valence-electron chi connectivity index (χ3n) is 3.24.